The topological polar surface area (TPSA) is 67.6 Å². The molecule has 0 aromatic carbocycles. The van der Waals surface area contributed by atoms with Crippen molar-refractivity contribution in [1.82, 2.24) is 15.0 Å². The maximum absolute atomic E-state index is 5.47. The molecule has 2 aromatic heterocycles. The predicted octanol–water partition coefficient (Wildman–Crippen LogP) is 1.26. The number of rotatable bonds is 1. The van der Waals surface area contributed by atoms with Crippen molar-refractivity contribution >= 4 is 35.8 Å². The number of halogens is 2. The second-order valence-corrected chi connectivity index (χ2v) is 2.26. The van der Waals surface area contributed by atoms with E-state index in [9.17, 15) is 0 Å². The van der Waals surface area contributed by atoms with Crippen LogP contribution < -0.4 is 5.73 Å². The summed E-state index contributed by atoms with van der Waals surface area (Å²) in [5, 5.41) is 1.01. The van der Waals surface area contributed by atoms with E-state index in [1.54, 1.807) is 0 Å². The maximum Gasteiger partial charge on any atom is 0.140 e. The minimum Gasteiger partial charge on any atom is -0.346 e. The number of aromatic nitrogens is 3. The van der Waals surface area contributed by atoms with Crippen molar-refractivity contribution in [3.8, 4) is 0 Å². The summed E-state index contributed by atoms with van der Waals surface area (Å²) in [6, 6.07) is 1.93. The normalized spacial score (nSPS) is 9.00. The van der Waals surface area contributed by atoms with Gasteiger partial charge in [-0.3, -0.25) is 0 Å². The Kier molecular flexibility index (Phi) is 4.69. The zero-order valence-electron chi connectivity index (χ0n) is 6.73. The van der Waals surface area contributed by atoms with E-state index < -0.39 is 0 Å². The predicted molar refractivity (Wildman–Crippen MR) is 56.3 cm³/mol. The molecule has 13 heavy (non-hydrogen) atoms. The van der Waals surface area contributed by atoms with Gasteiger partial charge in [0, 0.05) is 18.1 Å². The lowest BCUT2D eigenvalue weighted by atomic mass is 10.3. The zero-order valence-corrected chi connectivity index (χ0v) is 8.36. The third-order valence-corrected chi connectivity index (χ3v) is 1.63. The summed E-state index contributed by atoms with van der Waals surface area (Å²) in [5.41, 5.74) is 7.20. The maximum atomic E-state index is 5.47. The van der Waals surface area contributed by atoms with Crippen LogP contribution in [0.2, 0.25) is 0 Å². The van der Waals surface area contributed by atoms with Gasteiger partial charge in [-0.2, -0.15) is 0 Å². The lowest BCUT2D eigenvalue weighted by Gasteiger charge is -1.94. The van der Waals surface area contributed by atoms with Crippen molar-refractivity contribution < 1.29 is 0 Å². The number of H-pyrrole nitrogens is 1. The number of hydrogen-bond acceptors (Lipinski definition) is 3. The standard InChI is InChI=1S/C7H8N4.2ClH/c8-3-6-5-1-2-9-7(5)11-4-10-6;;/h1-2,4H,3,8H2,(H,9,10,11);2*1H. The Morgan fingerprint density at radius 2 is 2.08 bits per heavy atom. The minimum absolute atomic E-state index is 0. The van der Waals surface area contributed by atoms with Crippen molar-refractivity contribution in [2.45, 2.75) is 6.54 Å². The lowest BCUT2D eigenvalue weighted by Crippen LogP contribution is -2.00. The molecule has 72 valence electrons. The first kappa shape index (κ1) is 12.2. The summed E-state index contributed by atoms with van der Waals surface area (Å²) in [4.78, 5) is 11.1. The van der Waals surface area contributed by atoms with E-state index in [1.807, 2.05) is 12.3 Å². The molecule has 0 atom stereocenters. The molecule has 2 aromatic rings. The van der Waals surface area contributed by atoms with Gasteiger partial charge in [0.05, 0.1) is 5.69 Å². The van der Waals surface area contributed by atoms with Crippen LogP contribution in [0.15, 0.2) is 18.6 Å². The summed E-state index contributed by atoms with van der Waals surface area (Å²) >= 11 is 0. The van der Waals surface area contributed by atoms with Crippen LogP contribution >= 0.6 is 24.8 Å². The van der Waals surface area contributed by atoms with Gasteiger partial charge in [0.15, 0.2) is 0 Å². The SMILES string of the molecule is Cl.Cl.NCc1ncnc2[nH]ccc12. The van der Waals surface area contributed by atoms with Gasteiger partial charge in [-0.05, 0) is 6.07 Å². The summed E-state index contributed by atoms with van der Waals surface area (Å²) in [6.07, 6.45) is 3.35. The van der Waals surface area contributed by atoms with E-state index in [0.29, 0.717) is 6.54 Å². The van der Waals surface area contributed by atoms with Gasteiger partial charge in [0.25, 0.3) is 0 Å². The molecule has 0 aliphatic heterocycles. The number of fused-ring (bicyclic) bond motifs is 1. The molecule has 0 bridgehead atoms. The molecule has 0 fully saturated rings. The lowest BCUT2D eigenvalue weighted by molar-refractivity contribution is 0.989. The van der Waals surface area contributed by atoms with Crippen LogP contribution in [0.4, 0.5) is 0 Å². The fourth-order valence-corrected chi connectivity index (χ4v) is 1.09. The summed E-state index contributed by atoms with van der Waals surface area (Å²) in [5.74, 6) is 0. The van der Waals surface area contributed by atoms with Crippen molar-refractivity contribution in [2.24, 2.45) is 5.73 Å². The first-order valence-electron chi connectivity index (χ1n) is 3.39. The van der Waals surface area contributed by atoms with Crippen LogP contribution in [0.1, 0.15) is 5.69 Å². The molecule has 0 spiro atoms. The highest BCUT2D eigenvalue weighted by atomic mass is 35.5. The third-order valence-electron chi connectivity index (χ3n) is 1.63. The van der Waals surface area contributed by atoms with Crippen molar-refractivity contribution in [3.05, 3.63) is 24.3 Å². The fourth-order valence-electron chi connectivity index (χ4n) is 1.09. The molecule has 3 N–H and O–H groups in total. The van der Waals surface area contributed by atoms with Crippen LogP contribution in [-0.4, -0.2) is 15.0 Å². The average molecular weight is 221 g/mol. The highest BCUT2D eigenvalue weighted by Crippen LogP contribution is 2.10. The van der Waals surface area contributed by atoms with Gasteiger partial charge in [-0.15, -0.1) is 24.8 Å². The quantitative estimate of drug-likeness (QED) is 0.761. The Morgan fingerprint density at radius 1 is 1.31 bits per heavy atom. The van der Waals surface area contributed by atoms with Gasteiger partial charge in [-0.25, -0.2) is 9.97 Å². The molecule has 0 aliphatic carbocycles. The van der Waals surface area contributed by atoms with Gasteiger partial charge in [-0.1, -0.05) is 0 Å². The molecule has 2 heterocycles. The van der Waals surface area contributed by atoms with E-state index in [2.05, 4.69) is 15.0 Å². The van der Waals surface area contributed by atoms with Crippen LogP contribution in [-0.2, 0) is 6.54 Å². The van der Waals surface area contributed by atoms with Crippen LogP contribution in [0.3, 0.4) is 0 Å². The van der Waals surface area contributed by atoms with Gasteiger partial charge in [0.1, 0.15) is 12.0 Å². The van der Waals surface area contributed by atoms with Gasteiger partial charge >= 0.3 is 0 Å². The number of nitrogens with one attached hydrogen (secondary N) is 1. The number of aromatic amines is 1. The first-order chi connectivity index (χ1) is 5.42. The molecular formula is C7H10Cl2N4. The zero-order chi connectivity index (χ0) is 7.68. The Bertz CT molecular complexity index is 373. The molecule has 4 nitrogen and oxygen atoms in total. The number of nitrogens with zero attached hydrogens (tertiary/aromatic N) is 2. The van der Waals surface area contributed by atoms with Gasteiger partial charge < -0.3 is 10.7 Å². The van der Waals surface area contributed by atoms with E-state index in [0.717, 1.165) is 16.7 Å². The van der Waals surface area contributed by atoms with E-state index in [4.69, 9.17) is 5.73 Å². The second-order valence-electron chi connectivity index (χ2n) is 2.26. The molecule has 2 rings (SSSR count). The molecular weight excluding hydrogens is 211 g/mol. The van der Waals surface area contributed by atoms with E-state index in [-0.39, 0.29) is 24.8 Å². The highest BCUT2D eigenvalue weighted by Gasteiger charge is 2.00. The Hall–Kier alpha value is -0.840. The molecule has 0 saturated heterocycles. The highest BCUT2D eigenvalue weighted by molar-refractivity contribution is 5.85. The van der Waals surface area contributed by atoms with E-state index >= 15 is 0 Å². The van der Waals surface area contributed by atoms with Crippen molar-refractivity contribution in [1.29, 1.82) is 0 Å². The smallest absolute Gasteiger partial charge is 0.140 e. The average Bonchev–Trinajstić information content (AvgIpc) is 2.50. The largest absolute Gasteiger partial charge is 0.346 e. The Morgan fingerprint density at radius 3 is 2.77 bits per heavy atom. The Labute approximate surface area is 87.8 Å². The summed E-state index contributed by atoms with van der Waals surface area (Å²) in [6.45, 7) is 0.455. The first-order valence-corrected chi connectivity index (χ1v) is 3.39. The number of nitrogens with two attached hydrogens (primary N) is 1. The molecule has 0 amide bonds. The van der Waals surface area contributed by atoms with Crippen molar-refractivity contribution in [3.63, 3.8) is 0 Å². The number of hydrogen-bond donors (Lipinski definition) is 2. The molecule has 0 radical (unpaired) electrons. The van der Waals surface area contributed by atoms with Crippen LogP contribution in [0, 0.1) is 0 Å². The Balaban J connectivity index is 0.000000720. The van der Waals surface area contributed by atoms with Crippen LogP contribution in [0.5, 0.6) is 0 Å². The monoisotopic (exact) mass is 220 g/mol. The summed E-state index contributed by atoms with van der Waals surface area (Å²) < 4.78 is 0. The molecule has 0 unspecified atom stereocenters. The third kappa shape index (κ3) is 2.09. The van der Waals surface area contributed by atoms with Gasteiger partial charge in [0.2, 0.25) is 0 Å². The van der Waals surface area contributed by atoms with Crippen LogP contribution in [0.25, 0.3) is 11.0 Å². The molecule has 0 saturated carbocycles. The van der Waals surface area contributed by atoms with Crippen molar-refractivity contribution in [2.75, 3.05) is 0 Å². The van der Waals surface area contributed by atoms with E-state index in [1.165, 1.54) is 6.33 Å². The minimum atomic E-state index is 0. The fraction of sp³-hybridized carbons (Fsp3) is 0.143. The summed E-state index contributed by atoms with van der Waals surface area (Å²) in [7, 11) is 0. The molecule has 6 heteroatoms. The molecule has 0 aliphatic rings. The second kappa shape index (κ2) is 5.01.